The molecule has 19 heavy (non-hydrogen) atoms. The van der Waals surface area contributed by atoms with Crippen LogP contribution in [0.1, 0.15) is 48.7 Å². The van der Waals surface area contributed by atoms with E-state index in [1.807, 2.05) is 4.90 Å². The Kier molecular flexibility index (Phi) is 4.96. The van der Waals surface area contributed by atoms with Gasteiger partial charge in [-0.3, -0.25) is 4.79 Å². The van der Waals surface area contributed by atoms with E-state index < -0.39 is 0 Å². The Morgan fingerprint density at radius 2 is 2.47 bits per heavy atom. The van der Waals surface area contributed by atoms with Crippen LogP contribution in [0.3, 0.4) is 0 Å². The van der Waals surface area contributed by atoms with E-state index in [1.165, 1.54) is 12.6 Å². The van der Waals surface area contributed by atoms with Crippen molar-refractivity contribution in [2.45, 2.75) is 45.6 Å². The molecule has 1 amide bonds. The van der Waals surface area contributed by atoms with E-state index in [4.69, 9.17) is 4.52 Å². The largest absolute Gasteiger partial charge is 0.361 e. The van der Waals surface area contributed by atoms with Gasteiger partial charge in [0.15, 0.2) is 0 Å². The Morgan fingerprint density at radius 3 is 3.05 bits per heavy atom. The summed E-state index contributed by atoms with van der Waals surface area (Å²) in [6.07, 6.45) is 6.00. The normalized spacial score (nSPS) is 18.7. The fourth-order valence-corrected chi connectivity index (χ4v) is 2.48. The molecule has 1 aliphatic heterocycles. The van der Waals surface area contributed by atoms with Gasteiger partial charge in [-0.05, 0) is 32.7 Å². The second kappa shape index (κ2) is 6.70. The molecule has 1 aromatic heterocycles. The minimum atomic E-state index is 0.0425. The van der Waals surface area contributed by atoms with Crippen LogP contribution in [-0.4, -0.2) is 41.6 Å². The maximum absolute atomic E-state index is 12.5. The molecule has 106 valence electrons. The van der Waals surface area contributed by atoms with Gasteiger partial charge in [-0.15, -0.1) is 0 Å². The fourth-order valence-electron chi connectivity index (χ4n) is 2.48. The standard InChI is InChI=1S/C14H23N3O2/c1-3-4-8-17(10-12-6-5-7-15-12)14(18)13-9-16-19-11(13)2/h9,12,15H,3-8,10H2,1-2H3. The number of carbonyl (C=O) groups excluding carboxylic acids is 1. The summed E-state index contributed by atoms with van der Waals surface area (Å²) in [6.45, 7) is 6.57. The molecule has 1 aliphatic rings. The van der Waals surface area contributed by atoms with Gasteiger partial charge in [-0.1, -0.05) is 18.5 Å². The number of nitrogens with one attached hydrogen (secondary N) is 1. The van der Waals surface area contributed by atoms with Gasteiger partial charge in [-0.25, -0.2) is 0 Å². The predicted octanol–water partition coefficient (Wildman–Crippen LogP) is 1.98. The molecule has 0 saturated carbocycles. The van der Waals surface area contributed by atoms with Crippen molar-refractivity contribution in [1.82, 2.24) is 15.4 Å². The third-order valence-corrected chi connectivity index (χ3v) is 3.65. The zero-order chi connectivity index (χ0) is 13.7. The Labute approximate surface area is 114 Å². The zero-order valence-electron chi connectivity index (χ0n) is 11.8. The summed E-state index contributed by atoms with van der Waals surface area (Å²) in [4.78, 5) is 14.5. The minimum Gasteiger partial charge on any atom is -0.361 e. The van der Waals surface area contributed by atoms with Gasteiger partial charge < -0.3 is 14.7 Å². The maximum atomic E-state index is 12.5. The van der Waals surface area contributed by atoms with Gasteiger partial charge in [0.05, 0.1) is 6.20 Å². The van der Waals surface area contributed by atoms with Crippen molar-refractivity contribution >= 4 is 5.91 Å². The number of aromatic nitrogens is 1. The zero-order valence-corrected chi connectivity index (χ0v) is 11.8. The quantitative estimate of drug-likeness (QED) is 0.854. The van der Waals surface area contributed by atoms with Crippen LogP contribution in [0.2, 0.25) is 0 Å². The molecule has 5 heteroatoms. The third-order valence-electron chi connectivity index (χ3n) is 3.65. The number of unbranched alkanes of at least 4 members (excludes halogenated alkanes) is 1. The molecular formula is C14H23N3O2. The average molecular weight is 265 g/mol. The highest BCUT2D eigenvalue weighted by Gasteiger charge is 2.24. The summed E-state index contributed by atoms with van der Waals surface area (Å²) in [5.74, 6) is 0.645. The lowest BCUT2D eigenvalue weighted by Crippen LogP contribution is -2.41. The molecule has 1 saturated heterocycles. The average Bonchev–Trinajstić information content (AvgIpc) is 3.05. The number of rotatable bonds is 6. The van der Waals surface area contributed by atoms with Crippen molar-refractivity contribution < 1.29 is 9.32 Å². The summed E-state index contributed by atoms with van der Waals surface area (Å²) < 4.78 is 5.00. The summed E-state index contributed by atoms with van der Waals surface area (Å²) in [5, 5.41) is 7.14. The van der Waals surface area contributed by atoms with Crippen molar-refractivity contribution in [3.63, 3.8) is 0 Å². The summed E-state index contributed by atoms with van der Waals surface area (Å²) in [7, 11) is 0. The Hall–Kier alpha value is -1.36. The fraction of sp³-hybridized carbons (Fsp3) is 0.714. The molecule has 2 rings (SSSR count). The SMILES string of the molecule is CCCCN(CC1CCCN1)C(=O)c1cnoc1C. The highest BCUT2D eigenvalue weighted by molar-refractivity contribution is 5.94. The molecule has 1 aromatic rings. The van der Waals surface area contributed by atoms with E-state index in [1.54, 1.807) is 6.92 Å². The van der Waals surface area contributed by atoms with Gasteiger partial charge in [0.25, 0.3) is 5.91 Å². The van der Waals surface area contributed by atoms with Crippen molar-refractivity contribution in [2.24, 2.45) is 0 Å². The Bertz CT molecular complexity index is 411. The first-order valence-corrected chi connectivity index (χ1v) is 7.16. The summed E-state index contributed by atoms with van der Waals surface area (Å²) in [5.41, 5.74) is 0.592. The number of amides is 1. The molecule has 0 aromatic carbocycles. The Morgan fingerprint density at radius 1 is 1.63 bits per heavy atom. The van der Waals surface area contributed by atoms with Crippen molar-refractivity contribution in [2.75, 3.05) is 19.6 Å². The lowest BCUT2D eigenvalue weighted by molar-refractivity contribution is 0.0737. The van der Waals surface area contributed by atoms with Gasteiger partial charge in [0, 0.05) is 19.1 Å². The molecule has 0 aliphatic carbocycles. The Balaban J connectivity index is 2.03. The van der Waals surface area contributed by atoms with Crippen LogP contribution in [-0.2, 0) is 0 Å². The number of aryl methyl sites for hydroxylation is 1. The monoisotopic (exact) mass is 265 g/mol. The van der Waals surface area contributed by atoms with Crippen molar-refractivity contribution in [3.8, 4) is 0 Å². The molecule has 1 unspecified atom stereocenters. The van der Waals surface area contributed by atoms with Crippen LogP contribution in [0.5, 0.6) is 0 Å². The first-order valence-electron chi connectivity index (χ1n) is 7.16. The van der Waals surface area contributed by atoms with Crippen LogP contribution >= 0.6 is 0 Å². The van der Waals surface area contributed by atoms with E-state index in [0.717, 1.165) is 38.9 Å². The second-order valence-electron chi connectivity index (χ2n) is 5.19. The molecule has 1 atom stereocenters. The number of nitrogens with zero attached hydrogens (tertiary/aromatic N) is 2. The lowest BCUT2D eigenvalue weighted by atomic mass is 10.1. The highest BCUT2D eigenvalue weighted by Crippen LogP contribution is 2.14. The van der Waals surface area contributed by atoms with Crippen LogP contribution in [0.15, 0.2) is 10.7 Å². The molecule has 1 N–H and O–H groups in total. The lowest BCUT2D eigenvalue weighted by Gasteiger charge is -2.25. The molecule has 1 fully saturated rings. The van der Waals surface area contributed by atoms with Gasteiger partial charge >= 0.3 is 0 Å². The van der Waals surface area contributed by atoms with Crippen molar-refractivity contribution in [1.29, 1.82) is 0 Å². The predicted molar refractivity (Wildman–Crippen MR) is 73.1 cm³/mol. The number of hydrogen-bond acceptors (Lipinski definition) is 4. The van der Waals surface area contributed by atoms with Crippen LogP contribution < -0.4 is 5.32 Å². The van der Waals surface area contributed by atoms with Crippen molar-refractivity contribution in [3.05, 3.63) is 17.5 Å². The molecular weight excluding hydrogens is 242 g/mol. The van der Waals surface area contributed by atoms with Crippen LogP contribution in [0.25, 0.3) is 0 Å². The summed E-state index contributed by atoms with van der Waals surface area (Å²) >= 11 is 0. The number of hydrogen-bond donors (Lipinski definition) is 1. The maximum Gasteiger partial charge on any atom is 0.259 e. The molecule has 0 bridgehead atoms. The number of carbonyl (C=O) groups is 1. The van der Waals surface area contributed by atoms with Crippen LogP contribution in [0.4, 0.5) is 0 Å². The van der Waals surface area contributed by atoms with Gasteiger partial charge in [0.2, 0.25) is 0 Å². The minimum absolute atomic E-state index is 0.0425. The third kappa shape index (κ3) is 3.56. The van der Waals surface area contributed by atoms with E-state index in [0.29, 0.717) is 17.4 Å². The van der Waals surface area contributed by atoms with Crippen LogP contribution in [0, 0.1) is 6.92 Å². The topological polar surface area (TPSA) is 58.4 Å². The highest BCUT2D eigenvalue weighted by atomic mass is 16.5. The smallest absolute Gasteiger partial charge is 0.259 e. The first kappa shape index (κ1) is 14.1. The molecule has 0 spiro atoms. The first-order chi connectivity index (χ1) is 9.22. The van der Waals surface area contributed by atoms with E-state index in [9.17, 15) is 4.79 Å². The van der Waals surface area contributed by atoms with Gasteiger partial charge in [-0.2, -0.15) is 0 Å². The molecule has 2 heterocycles. The van der Waals surface area contributed by atoms with E-state index in [-0.39, 0.29) is 5.91 Å². The van der Waals surface area contributed by atoms with Gasteiger partial charge in [0.1, 0.15) is 11.3 Å². The summed E-state index contributed by atoms with van der Waals surface area (Å²) in [6, 6.07) is 0.431. The van der Waals surface area contributed by atoms with E-state index in [2.05, 4.69) is 17.4 Å². The second-order valence-corrected chi connectivity index (χ2v) is 5.19. The molecule has 0 radical (unpaired) electrons. The molecule has 5 nitrogen and oxygen atoms in total. The van der Waals surface area contributed by atoms with E-state index >= 15 is 0 Å².